The average molecular weight is 386 g/mol. The van der Waals surface area contributed by atoms with Crippen LogP contribution >= 0.6 is 23.1 Å². The lowest BCUT2D eigenvalue weighted by atomic mass is 10.2. The van der Waals surface area contributed by atoms with Crippen molar-refractivity contribution >= 4 is 39.8 Å². The number of carbonyl (C=O) groups excluding carboxylic acids is 1. The number of rotatable bonds is 5. The SMILES string of the molecule is O=C(CSc1ccc2nnc(-c3cccc(F)c3)n2n1)Nc1nccs1. The lowest BCUT2D eigenvalue weighted by molar-refractivity contribution is -0.113. The molecule has 0 aliphatic rings. The van der Waals surface area contributed by atoms with E-state index < -0.39 is 0 Å². The molecule has 1 amide bonds. The molecular weight excluding hydrogens is 375 g/mol. The van der Waals surface area contributed by atoms with Gasteiger partial charge in [-0.3, -0.25) is 4.79 Å². The van der Waals surface area contributed by atoms with Crippen molar-refractivity contribution in [1.29, 1.82) is 0 Å². The number of nitrogens with zero attached hydrogens (tertiary/aromatic N) is 5. The summed E-state index contributed by atoms with van der Waals surface area (Å²) in [6.07, 6.45) is 1.63. The van der Waals surface area contributed by atoms with E-state index in [2.05, 4.69) is 25.6 Å². The van der Waals surface area contributed by atoms with Crippen molar-refractivity contribution in [2.75, 3.05) is 11.1 Å². The van der Waals surface area contributed by atoms with Gasteiger partial charge in [0.1, 0.15) is 10.8 Å². The van der Waals surface area contributed by atoms with Gasteiger partial charge in [-0.2, -0.15) is 9.61 Å². The molecule has 3 heterocycles. The summed E-state index contributed by atoms with van der Waals surface area (Å²) in [6.45, 7) is 0. The number of anilines is 1. The van der Waals surface area contributed by atoms with Crippen LogP contribution < -0.4 is 5.32 Å². The smallest absolute Gasteiger partial charge is 0.236 e. The van der Waals surface area contributed by atoms with Crippen LogP contribution in [-0.2, 0) is 4.79 Å². The highest BCUT2D eigenvalue weighted by molar-refractivity contribution is 7.99. The van der Waals surface area contributed by atoms with Crippen LogP contribution in [0.3, 0.4) is 0 Å². The van der Waals surface area contributed by atoms with Crippen molar-refractivity contribution in [1.82, 2.24) is 24.8 Å². The van der Waals surface area contributed by atoms with E-state index in [4.69, 9.17) is 0 Å². The van der Waals surface area contributed by atoms with E-state index in [9.17, 15) is 9.18 Å². The minimum absolute atomic E-state index is 0.166. The van der Waals surface area contributed by atoms with Gasteiger partial charge in [-0.1, -0.05) is 23.9 Å². The second-order valence-electron chi connectivity index (χ2n) is 5.15. The molecule has 4 rings (SSSR count). The van der Waals surface area contributed by atoms with Crippen molar-refractivity contribution in [2.24, 2.45) is 0 Å². The van der Waals surface area contributed by atoms with Crippen LogP contribution in [0.4, 0.5) is 9.52 Å². The Hall–Kier alpha value is -2.85. The Morgan fingerprint density at radius 3 is 3.00 bits per heavy atom. The highest BCUT2D eigenvalue weighted by atomic mass is 32.2. The van der Waals surface area contributed by atoms with Crippen LogP contribution in [-0.4, -0.2) is 36.5 Å². The summed E-state index contributed by atoms with van der Waals surface area (Å²) < 4.78 is 15.0. The van der Waals surface area contributed by atoms with Crippen LogP contribution in [0.15, 0.2) is 53.0 Å². The number of halogens is 1. The number of carbonyl (C=O) groups is 1. The number of hydrogen-bond acceptors (Lipinski definition) is 7. The predicted octanol–water partition coefficient (Wildman–Crippen LogP) is 3.12. The standard InChI is InChI=1S/C16H11FN6OS2/c17-11-3-1-2-10(8-11)15-21-20-12-4-5-14(22-23(12)15)26-9-13(24)19-16-18-6-7-25-16/h1-8H,9H2,(H,18,19,24). The number of thiazole rings is 1. The normalized spacial score (nSPS) is 11.0. The monoisotopic (exact) mass is 386 g/mol. The van der Waals surface area contributed by atoms with Gasteiger partial charge in [0.05, 0.1) is 5.75 Å². The quantitative estimate of drug-likeness (QED) is 0.531. The van der Waals surface area contributed by atoms with Gasteiger partial charge in [-0.25, -0.2) is 9.37 Å². The van der Waals surface area contributed by atoms with E-state index in [1.54, 1.807) is 35.8 Å². The molecule has 0 spiro atoms. The zero-order valence-corrected chi connectivity index (χ0v) is 14.8. The zero-order chi connectivity index (χ0) is 17.9. The molecule has 0 aliphatic carbocycles. The molecule has 7 nitrogen and oxygen atoms in total. The predicted molar refractivity (Wildman–Crippen MR) is 97.6 cm³/mol. The first-order chi connectivity index (χ1) is 12.7. The largest absolute Gasteiger partial charge is 0.301 e. The molecule has 1 aromatic carbocycles. The third kappa shape index (κ3) is 3.55. The summed E-state index contributed by atoms with van der Waals surface area (Å²) >= 11 is 2.64. The summed E-state index contributed by atoms with van der Waals surface area (Å²) in [6, 6.07) is 9.60. The van der Waals surface area contributed by atoms with Crippen LogP contribution in [0.5, 0.6) is 0 Å². The fraction of sp³-hybridized carbons (Fsp3) is 0.0625. The Morgan fingerprint density at radius 1 is 1.27 bits per heavy atom. The fourth-order valence-electron chi connectivity index (χ4n) is 2.24. The summed E-state index contributed by atoms with van der Waals surface area (Å²) in [5, 5.41) is 18.3. The molecule has 10 heteroatoms. The summed E-state index contributed by atoms with van der Waals surface area (Å²) in [5.41, 5.74) is 1.12. The number of amides is 1. The highest BCUT2D eigenvalue weighted by Crippen LogP contribution is 2.21. The topological polar surface area (TPSA) is 85.1 Å². The molecule has 0 fully saturated rings. The summed E-state index contributed by atoms with van der Waals surface area (Å²) in [7, 11) is 0. The maximum Gasteiger partial charge on any atom is 0.236 e. The van der Waals surface area contributed by atoms with Crippen LogP contribution in [0, 0.1) is 5.82 Å². The van der Waals surface area contributed by atoms with Crippen molar-refractivity contribution < 1.29 is 9.18 Å². The number of fused-ring (bicyclic) bond motifs is 1. The molecule has 3 aromatic heterocycles. The fourth-order valence-corrected chi connectivity index (χ4v) is 3.44. The van der Waals surface area contributed by atoms with Crippen molar-refractivity contribution in [3.8, 4) is 11.4 Å². The molecule has 1 N–H and O–H groups in total. The summed E-state index contributed by atoms with van der Waals surface area (Å²) in [4.78, 5) is 16.0. The van der Waals surface area contributed by atoms with E-state index in [-0.39, 0.29) is 17.5 Å². The van der Waals surface area contributed by atoms with E-state index >= 15 is 0 Å². The van der Waals surface area contributed by atoms with Crippen molar-refractivity contribution in [2.45, 2.75) is 5.03 Å². The van der Waals surface area contributed by atoms with E-state index in [0.717, 1.165) is 0 Å². The van der Waals surface area contributed by atoms with Gasteiger partial charge in [-0.05, 0) is 24.3 Å². The molecule has 0 radical (unpaired) electrons. The number of thioether (sulfide) groups is 1. The number of benzene rings is 1. The third-order valence-corrected chi connectivity index (χ3v) is 4.96. The second-order valence-corrected chi connectivity index (χ2v) is 7.04. The maximum absolute atomic E-state index is 13.5. The zero-order valence-electron chi connectivity index (χ0n) is 13.2. The van der Waals surface area contributed by atoms with E-state index in [1.165, 1.54) is 39.7 Å². The summed E-state index contributed by atoms with van der Waals surface area (Å²) in [5.74, 6) is 0.106. The number of aromatic nitrogens is 5. The molecule has 130 valence electrons. The minimum Gasteiger partial charge on any atom is -0.301 e. The minimum atomic E-state index is -0.358. The maximum atomic E-state index is 13.5. The molecule has 4 aromatic rings. The first kappa shape index (κ1) is 16.6. The van der Waals surface area contributed by atoms with Gasteiger partial charge in [0.2, 0.25) is 5.91 Å². The molecule has 0 saturated heterocycles. The molecule has 0 saturated carbocycles. The molecule has 0 bridgehead atoms. The highest BCUT2D eigenvalue weighted by Gasteiger charge is 2.12. The third-order valence-electron chi connectivity index (χ3n) is 3.35. The van der Waals surface area contributed by atoms with Crippen LogP contribution in [0.25, 0.3) is 17.0 Å². The Labute approximate surface area is 155 Å². The average Bonchev–Trinajstić information content (AvgIpc) is 3.29. The lowest BCUT2D eigenvalue weighted by Crippen LogP contribution is -2.14. The first-order valence-corrected chi connectivity index (χ1v) is 9.36. The Morgan fingerprint density at radius 2 is 2.19 bits per heavy atom. The van der Waals surface area contributed by atoms with Crippen LogP contribution in [0.2, 0.25) is 0 Å². The van der Waals surface area contributed by atoms with Crippen molar-refractivity contribution in [3.05, 3.63) is 53.8 Å². The lowest BCUT2D eigenvalue weighted by Gasteiger charge is -2.03. The van der Waals surface area contributed by atoms with Gasteiger partial charge in [0.15, 0.2) is 16.6 Å². The molecular formula is C16H11FN6OS2. The van der Waals surface area contributed by atoms with Gasteiger partial charge < -0.3 is 5.32 Å². The van der Waals surface area contributed by atoms with E-state index in [0.29, 0.717) is 27.2 Å². The first-order valence-electron chi connectivity index (χ1n) is 7.49. The molecule has 0 unspecified atom stereocenters. The van der Waals surface area contributed by atoms with E-state index in [1.807, 2.05) is 0 Å². The Balaban J connectivity index is 1.53. The van der Waals surface area contributed by atoms with Gasteiger partial charge in [-0.15, -0.1) is 21.5 Å². The second kappa shape index (κ2) is 7.18. The molecule has 0 atom stereocenters. The van der Waals surface area contributed by atoms with Crippen molar-refractivity contribution in [3.63, 3.8) is 0 Å². The Kier molecular flexibility index (Phi) is 4.59. The Bertz CT molecular complexity index is 1070. The van der Waals surface area contributed by atoms with Gasteiger partial charge in [0.25, 0.3) is 0 Å². The number of nitrogens with one attached hydrogen (secondary N) is 1. The molecule has 0 aliphatic heterocycles. The number of hydrogen-bond donors (Lipinski definition) is 1. The molecule has 26 heavy (non-hydrogen) atoms. The van der Waals surface area contributed by atoms with Gasteiger partial charge in [0, 0.05) is 17.1 Å². The van der Waals surface area contributed by atoms with Gasteiger partial charge >= 0.3 is 0 Å². The van der Waals surface area contributed by atoms with Crippen LogP contribution in [0.1, 0.15) is 0 Å².